The first-order valence-corrected chi connectivity index (χ1v) is 14.2. The third-order valence-corrected chi connectivity index (χ3v) is 8.44. The smallest absolute Gasteiger partial charge is 0.493 e. The zero-order valence-electron chi connectivity index (χ0n) is 25.8. The third-order valence-electron chi connectivity index (χ3n) is 8.44. The highest BCUT2D eigenvalue weighted by molar-refractivity contribution is 6.62. The fourth-order valence-electron chi connectivity index (χ4n) is 5.18. The summed E-state index contributed by atoms with van der Waals surface area (Å²) < 4.78 is 23.7. The van der Waals surface area contributed by atoms with Crippen LogP contribution in [0.15, 0.2) is 42.5 Å². The van der Waals surface area contributed by atoms with Crippen molar-refractivity contribution in [3.05, 3.63) is 70.3 Å². The van der Waals surface area contributed by atoms with E-state index in [4.69, 9.17) is 18.8 Å². The van der Waals surface area contributed by atoms with Crippen molar-refractivity contribution in [2.24, 2.45) is 0 Å². The Balaban J connectivity index is 1.70. The molecule has 5 nitrogen and oxygen atoms in total. The molecular weight excluding hydrogens is 499 g/mol. The van der Waals surface area contributed by atoms with E-state index in [9.17, 15) is 4.79 Å². The lowest BCUT2D eigenvalue weighted by Gasteiger charge is -2.32. The summed E-state index contributed by atoms with van der Waals surface area (Å²) in [6, 6.07) is 14.7. The van der Waals surface area contributed by atoms with Gasteiger partial charge in [0, 0.05) is 0 Å². The normalized spacial score (nSPS) is 15.8. The van der Waals surface area contributed by atoms with Crippen LogP contribution in [-0.4, -0.2) is 38.0 Å². The number of carbonyl (C=O) groups is 1. The van der Waals surface area contributed by atoms with Crippen LogP contribution in [0.2, 0.25) is 0 Å². The molecule has 1 heterocycles. The summed E-state index contributed by atoms with van der Waals surface area (Å²) in [4.78, 5) is 12.4. The molecule has 1 aliphatic heterocycles. The molecule has 4 rings (SSSR count). The molecule has 6 heteroatoms. The zero-order chi connectivity index (χ0) is 29.4. The molecule has 0 radical (unpaired) electrons. The van der Waals surface area contributed by atoms with Gasteiger partial charge >= 0.3 is 13.1 Å². The van der Waals surface area contributed by atoms with Gasteiger partial charge in [0.2, 0.25) is 0 Å². The number of methoxy groups -OCH3 is 1. The Morgan fingerprint density at radius 3 is 1.95 bits per heavy atom. The predicted octanol–water partition coefficient (Wildman–Crippen LogP) is 7.52. The molecule has 3 aromatic carbocycles. The predicted molar refractivity (Wildman–Crippen MR) is 164 cm³/mol. The topological polar surface area (TPSA) is 54.0 Å². The van der Waals surface area contributed by atoms with Crippen LogP contribution in [0.4, 0.5) is 0 Å². The minimum Gasteiger partial charge on any atom is -0.493 e. The molecule has 0 N–H and O–H groups in total. The highest BCUT2D eigenvalue weighted by atomic mass is 16.7. The number of unbranched alkanes of at least 4 members (excludes halogenated alkanes) is 1. The van der Waals surface area contributed by atoms with Gasteiger partial charge in [-0.1, -0.05) is 49.2 Å². The molecule has 1 saturated heterocycles. The summed E-state index contributed by atoms with van der Waals surface area (Å²) in [5.41, 5.74) is 9.95. The number of aryl methyl sites for hydroxylation is 4. The Labute approximate surface area is 240 Å². The van der Waals surface area contributed by atoms with Crippen molar-refractivity contribution < 1.29 is 23.6 Å². The van der Waals surface area contributed by atoms with Crippen LogP contribution in [0.25, 0.3) is 22.3 Å². The van der Waals surface area contributed by atoms with Crippen molar-refractivity contribution in [2.75, 3.05) is 13.7 Å². The molecule has 0 unspecified atom stereocenters. The second-order valence-corrected chi connectivity index (χ2v) is 12.0. The van der Waals surface area contributed by atoms with Crippen LogP contribution in [0.3, 0.4) is 0 Å². The molecule has 3 aromatic rings. The molecule has 1 fully saturated rings. The van der Waals surface area contributed by atoms with E-state index in [0.717, 1.165) is 40.6 Å². The van der Waals surface area contributed by atoms with Gasteiger partial charge in [-0.25, -0.2) is 4.79 Å². The Hall–Kier alpha value is -3.09. The molecule has 0 aromatic heterocycles. The largest absolute Gasteiger partial charge is 0.495 e. The third kappa shape index (κ3) is 5.70. The summed E-state index contributed by atoms with van der Waals surface area (Å²) >= 11 is 0. The number of benzene rings is 3. The van der Waals surface area contributed by atoms with Crippen molar-refractivity contribution >= 4 is 18.6 Å². The van der Waals surface area contributed by atoms with E-state index in [0.29, 0.717) is 17.9 Å². The van der Waals surface area contributed by atoms with Crippen LogP contribution in [-0.2, 0) is 14.0 Å². The van der Waals surface area contributed by atoms with Crippen molar-refractivity contribution in [3.63, 3.8) is 0 Å². The molecule has 0 aliphatic carbocycles. The average Bonchev–Trinajstić information content (AvgIpc) is 3.12. The van der Waals surface area contributed by atoms with Crippen LogP contribution >= 0.6 is 0 Å². The summed E-state index contributed by atoms with van der Waals surface area (Å²) in [6.07, 6.45) is 1.94. The first kappa shape index (κ1) is 29.9. The van der Waals surface area contributed by atoms with Gasteiger partial charge in [0.05, 0.1) is 24.9 Å². The average molecular weight is 543 g/mol. The Kier molecular flexibility index (Phi) is 8.53. The van der Waals surface area contributed by atoms with E-state index in [2.05, 4.69) is 86.6 Å². The summed E-state index contributed by atoms with van der Waals surface area (Å²) in [5, 5.41) is 0. The van der Waals surface area contributed by atoms with Crippen molar-refractivity contribution in [1.82, 2.24) is 0 Å². The van der Waals surface area contributed by atoms with E-state index >= 15 is 0 Å². The van der Waals surface area contributed by atoms with E-state index in [-0.39, 0.29) is 18.3 Å². The lowest BCUT2D eigenvalue weighted by molar-refractivity contribution is 0.00578. The van der Waals surface area contributed by atoms with Crippen LogP contribution in [0.5, 0.6) is 5.75 Å². The molecule has 1 aliphatic rings. The van der Waals surface area contributed by atoms with E-state index in [1.165, 1.54) is 29.4 Å². The monoisotopic (exact) mass is 542 g/mol. The lowest BCUT2D eigenvalue weighted by Crippen LogP contribution is -2.41. The minimum atomic E-state index is -0.392. The molecule has 0 saturated carbocycles. The SMILES string of the molecule is CCCCOc1cc(-c2cc(C)c(-c3cc(C)c(B4OC(C)(C)C(C)(C)O4)cc3C)cc2C)ccc1C(=O)OC. The van der Waals surface area contributed by atoms with Gasteiger partial charge in [-0.2, -0.15) is 0 Å². The fraction of sp³-hybridized carbons (Fsp3) is 0.441. The minimum absolute atomic E-state index is 0.379. The number of ether oxygens (including phenoxy) is 2. The maximum atomic E-state index is 12.4. The molecule has 0 atom stereocenters. The van der Waals surface area contributed by atoms with Gasteiger partial charge in [0.1, 0.15) is 11.3 Å². The highest BCUT2D eigenvalue weighted by Gasteiger charge is 2.52. The van der Waals surface area contributed by atoms with Crippen molar-refractivity contribution in [2.45, 2.75) is 86.4 Å². The second kappa shape index (κ2) is 11.4. The number of hydrogen-bond acceptors (Lipinski definition) is 5. The Morgan fingerprint density at radius 1 is 0.800 bits per heavy atom. The maximum absolute atomic E-state index is 12.4. The van der Waals surface area contributed by atoms with E-state index in [1.807, 2.05) is 12.1 Å². The van der Waals surface area contributed by atoms with Crippen molar-refractivity contribution in [1.29, 1.82) is 0 Å². The molecule has 40 heavy (non-hydrogen) atoms. The van der Waals surface area contributed by atoms with Gasteiger partial charge in [0.15, 0.2) is 0 Å². The number of hydrogen-bond donors (Lipinski definition) is 0. The number of rotatable bonds is 8. The Morgan fingerprint density at radius 2 is 1.35 bits per heavy atom. The van der Waals surface area contributed by atoms with Gasteiger partial charge in [-0.3, -0.25) is 0 Å². The van der Waals surface area contributed by atoms with Crippen LogP contribution < -0.4 is 10.2 Å². The number of esters is 1. The summed E-state index contributed by atoms with van der Waals surface area (Å²) in [7, 11) is 1.01. The molecular formula is C34H43BO5. The van der Waals surface area contributed by atoms with E-state index < -0.39 is 5.97 Å². The van der Waals surface area contributed by atoms with Crippen LogP contribution in [0.1, 0.15) is 80.1 Å². The van der Waals surface area contributed by atoms with E-state index in [1.54, 1.807) is 6.07 Å². The Bertz CT molecular complexity index is 1410. The quantitative estimate of drug-likeness (QED) is 0.167. The molecule has 0 spiro atoms. The van der Waals surface area contributed by atoms with Crippen LogP contribution in [0, 0.1) is 27.7 Å². The first-order chi connectivity index (χ1) is 18.8. The molecule has 0 bridgehead atoms. The molecule has 212 valence electrons. The second-order valence-electron chi connectivity index (χ2n) is 12.0. The first-order valence-electron chi connectivity index (χ1n) is 14.2. The standard InChI is InChI=1S/C34H43BO5/c1-11-12-15-38-31-20-25(13-14-26(31)32(36)37-10)27-16-22(3)28(17-21(27)2)29-18-24(5)30(19-23(29)4)35-39-33(6,7)34(8,9)40-35/h13-14,16-20H,11-12,15H2,1-10H3. The maximum Gasteiger partial charge on any atom is 0.495 e. The molecule has 0 amide bonds. The van der Waals surface area contributed by atoms with Gasteiger partial charge < -0.3 is 18.8 Å². The summed E-state index contributed by atoms with van der Waals surface area (Å²) in [6.45, 7) is 19.6. The fourth-order valence-corrected chi connectivity index (χ4v) is 5.18. The number of carbonyl (C=O) groups excluding carboxylic acids is 1. The van der Waals surface area contributed by atoms with Crippen molar-refractivity contribution in [3.8, 4) is 28.0 Å². The van der Waals surface area contributed by atoms with Gasteiger partial charge in [0.25, 0.3) is 0 Å². The van der Waals surface area contributed by atoms with Gasteiger partial charge in [-0.15, -0.1) is 0 Å². The lowest BCUT2D eigenvalue weighted by atomic mass is 9.74. The zero-order valence-corrected chi connectivity index (χ0v) is 25.8. The highest BCUT2D eigenvalue weighted by Crippen LogP contribution is 2.38. The van der Waals surface area contributed by atoms with Gasteiger partial charge in [-0.05, 0) is 118 Å². The summed E-state index contributed by atoms with van der Waals surface area (Å²) in [5.74, 6) is 0.166.